The molecular formula is C24H32ClN3O5S. The Balaban J connectivity index is 2.42. The average Bonchev–Trinajstić information content (AvgIpc) is 2.81. The number of rotatable bonds is 12. The Bertz CT molecular complexity index is 1080. The van der Waals surface area contributed by atoms with Gasteiger partial charge in [-0.1, -0.05) is 49.7 Å². The molecule has 2 aromatic rings. The van der Waals surface area contributed by atoms with Crippen molar-refractivity contribution in [2.75, 3.05) is 30.8 Å². The Labute approximate surface area is 206 Å². The molecule has 0 radical (unpaired) electrons. The lowest BCUT2D eigenvalue weighted by molar-refractivity contribution is -0.140. The predicted octanol–water partition coefficient (Wildman–Crippen LogP) is 3.45. The Morgan fingerprint density at radius 2 is 1.74 bits per heavy atom. The Morgan fingerprint density at radius 1 is 1.09 bits per heavy atom. The molecule has 8 nitrogen and oxygen atoms in total. The van der Waals surface area contributed by atoms with Gasteiger partial charge in [-0.25, -0.2) is 8.42 Å². The number of carbonyl (C=O) groups is 2. The number of carbonyl (C=O) groups excluding carboxylic acids is 2. The molecule has 0 bridgehead atoms. The summed E-state index contributed by atoms with van der Waals surface area (Å²) in [5.74, 6) is -0.133. The number of hydrogen-bond donors (Lipinski definition) is 1. The van der Waals surface area contributed by atoms with Crippen molar-refractivity contribution in [2.24, 2.45) is 0 Å². The van der Waals surface area contributed by atoms with Crippen molar-refractivity contribution < 1.29 is 22.7 Å². The summed E-state index contributed by atoms with van der Waals surface area (Å²) in [4.78, 5) is 27.9. The van der Waals surface area contributed by atoms with Crippen LogP contribution >= 0.6 is 11.6 Å². The first kappa shape index (κ1) is 27.5. The van der Waals surface area contributed by atoms with Crippen LogP contribution in [0.15, 0.2) is 48.5 Å². The van der Waals surface area contributed by atoms with Gasteiger partial charge in [-0.2, -0.15) is 0 Å². The monoisotopic (exact) mass is 509 g/mol. The van der Waals surface area contributed by atoms with Gasteiger partial charge in [0.05, 0.1) is 24.1 Å². The third-order valence-corrected chi connectivity index (χ3v) is 6.69. The molecule has 2 amide bonds. The summed E-state index contributed by atoms with van der Waals surface area (Å²) in [5.41, 5.74) is 0.979. The second-order valence-corrected chi connectivity index (χ2v) is 10.1. The van der Waals surface area contributed by atoms with Crippen molar-refractivity contribution in [2.45, 2.75) is 39.3 Å². The second-order valence-electron chi connectivity index (χ2n) is 7.81. The van der Waals surface area contributed by atoms with E-state index in [1.54, 1.807) is 49.6 Å². The Kier molecular flexibility index (Phi) is 10.2. The molecular weight excluding hydrogens is 478 g/mol. The first-order valence-electron chi connectivity index (χ1n) is 11.0. The summed E-state index contributed by atoms with van der Waals surface area (Å²) in [6.45, 7) is 3.87. The van der Waals surface area contributed by atoms with Crippen LogP contribution in [-0.2, 0) is 26.2 Å². The molecule has 0 aliphatic rings. The van der Waals surface area contributed by atoms with Gasteiger partial charge in [0.15, 0.2) is 0 Å². The van der Waals surface area contributed by atoms with Crippen LogP contribution in [0, 0.1) is 0 Å². The molecule has 1 N–H and O–H groups in total. The van der Waals surface area contributed by atoms with Gasteiger partial charge in [-0.05, 0) is 42.7 Å². The predicted molar refractivity (Wildman–Crippen MR) is 135 cm³/mol. The molecule has 0 aliphatic heterocycles. The molecule has 1 unspecified atom stereocenters. The number of benzene rings is 2. The van der Waals surface area contributed by atoms with Gasteiger partial charge in [-0.15, -0.1) is 0 Å². The molecule has 0 saturated carbocycles. The average molecular weight is 510 g/mol. The highest BCUT2D eigenvalue weighted by molar-refractivity contribution is 7.92. The fourth-order valence-corrected chi connectivity index (χ4v) is 4.61. The van der Waals surface area contributed by atoms with E-state index in [0.29, 0.717) is 18.7 Å². The normalized spacial score (nSPS) is 12.0. The summed E-state index contributed by atoms with van der Waals surface area (Å²) in [5, 5.41) is 3.05. The first-order valence-corrected chi connectivity index (χ1v) is 13.3. The third-order valence-electron chi connectivity index (χ3n) is 5.25. The number of nitrogens with one attached hydrogen (secondary N) is 1. The van der Waals surface area contributed by atoms with Crippen molar-refractivity contribution in [3.63, 3.8) is 0 Å². The number of amides is 2. The minimum atomic E-state index is -3.83. The van der Waals surface area contributed by atoms with Gasteiger partial charge in [0, 0.05) is 13.1 Å². The fraction of sp³-hybridized carbons (Fsp3) is 0.417. The van der Waals surface area contributed by atoms with Gasteiger partial charge in [0.1, 0.15) is 18.3 Å². The first-order chi connectivity index (χ1) is 16.1. The molecule has 34 heavy (non-hydrogen) atoms. The molecule has 0 fully saturated rings. The molecule has 0 spiro atoms. The minimum Gasteiger partial charge on any atom is -0.497 e. The number of ether oxygens (including phenoxy) is 1. The molecule has 0 saturated heterocycles. The Hall–Kier alpha value is -2.78. The minimum absolute atomic E-state index is 0.126. The summed E-state index contributed by atoms with van der Waals surface area (Å²) in [6, 6.07) is 12.8. The summed E-state index contributed by atoms with van der Waals surface area (Å²) >= 11 is 6.24. The summed E-state index contributed by atoms with van der Waals surface area (Å²) in [6.07, 6.45) is 2.13. The fourth-order valence-electron chi connectivity index (χ4n) is 3.46. The molecule has 1 atom stereocenters. The molecule has 0 aliphatic carbocycles. The van der Waals surface area contributed by atoms with Crippen molar-refractivity contribution in [3.05, 3.63) is 59.1 Å². The smallest absolute Gasteiger partial charge is 0.244 e. The molecule has 2 rings (SSSR count). The number of para-hydroxylation sites is 1. The van der Waals surface area contributed by atoms with E-state index < -0.39 is 28.5 Å². The van der Waals surface area contributed by atoms with Crippen LogP contribution < -0.4 is 14.4 Å². The maximum Gasteiger partial charge on any atom is 0.244 e. The maximum absolute atomic E-state index is 13.6. The van der Waals surface area contributed by atoms with Crippen LogP contribution in [0.4, 0.5) is 5.69 Å². The zero-order valence-corrected chi connectivity index (χ0v) is 21.5. The van der Waals surface area contributed by atoms with Crippen LogP contribution in [0.2, 0.25) is 5.02 Å². The molecule has 186 valence electrons. The Morgan fingerprint density at radius 3 is 2.26 bits per heavy atom. The standard InChI is InChI=1S/C24H32ClN3O5S/c1-5-15-26-24(30)21(6-2)27(16-18-11-13-19(33-3)14-12-18)23(29)17-28(34(4,31)32)22-10-8-7-9-20(22)25/h7-14,21H,5-6,15-17H2,1-4H3,(H,26,30). The van der Waals surface area contributed by atoms with Crippen LogP contribution in [0.5, 0.6) is 5.75 Å². The van der Waals surface area contributed by atoms with Crippen molar-refractivity contribution in [3.8, 4) is 5.75 Å². The highest BCUT2D eigenvalue weighted by Gasteiger charge is 2.32. The summed E-state index contributed by atoms with van der Waals surface area (Å²) < 4.78 is 31.3. The van der Waals surface area contributed by atoms with Gasteiger partial charge < -0.3 is 15.0 Å². The number of anilines is 1. The number of methoxy groups -OCH3 is 1. The van der Waals surface area contributed by atoms with Crippen LogP contribution in [0.25, 0.3) is 0 Å². The molecule has 10 heteroatoms. The molecule has 0 heterocycles. The number of halogens is 1. The van der Waals surface area contributed by atoms with Crippen molar-refractivity contribution >= 4 is 39.1 Å². The highest BCUT2D eigenvalue weighted by atomic mass is 35.5. The van der Waals surface area contributed by atoms with Crippen molar-refractivity contribution in [1.82, 2.24) is 10.2 Å². The third kappa shape index (κ3) is 7.36. The van der Waals surface area contributed by atoms with E-state index in [9.17, 15) is 18.0 Å². The summed E-state index contributed by atoms with van der Waals surface area (Å²) in [7, 11) is -2.27. The van der Waals surface area contributed by atoms with Gasteiger partial charge in [0.2, 0.25) is 21.8 Å². The van der Waals surface area contributed by atoms with Crippen LogP contribution in [0.1, 0.15) is 32.3 Å². The highest BCUT2D eigenvalue weighted by Crippen LogP contribution is 2.27. The quantitative estimate of drug-likeness (QED) is 0.472. The van der Waals surface area contributed by atoms with E-state index in [0.717, 1.165) is 22.5 Å². The van der Waals surface area contributed by atoms with Gasteiger partial charge in [-0.3, -0.25) is 13.9 Å². The molecule has 0 aromatic heterocycles. The topological polar surface area (TPSA) is 96.0 Å². The SMILES string of the molecule is CCCNC(=O)C(CC)N(Cc1ccc(OC)cc1)C(=O)CN(c1ccccc1Cl)S(C)(=O)=O. The number of hydrogen-bond acceptors (Lipinski definition) is 5. The van der Waals surface area contributed by atoms with E-state index >= 15 is 0 Å². The largest absolute Gasteiger partial charge is 0.497 e. The van der Waals surface area contributed by atoms with Crippen LogP contribution in [-0.4, -0.2) is 57.6 Å². The van der Waals surface area contributed by atoms with Crippen LogP contribution in [0.3, 0.4) is 0 Å². The lowest BCUT2D eigenvalue weighted by Gasteiger charge is -2.33. The van der Waals surface area contributed by atoms with E-state index in [2.05, 4.69) is 5.32 Å². The van der Waals surface area contributed by atoms with E-state index in [1.807, 2.05) is 13.8 Å². The zero-order chi connectivity index (χ0) is 25.3. The molecule has 2 aromatic carbocycles. The van der Waals surface area contributed by atoms with Gasteiger partial charge in [0.25, 0.3) is 0 Å². The maximum atomic E-state index is 13.6. The van der Waals surface area contributed by atoms with E-state index in [4.69, 9.17) is 16.3 Å². The van der Waals surface area contributed by atoms with E-state index in [-0.39, 0.29) is 23.2 Å². The number of nitrogens with zero attached hydrogens (tertiary/aromatic N) is 2. The second kappa shape index (κ2) is 12.6. The van der Waals surface area contributed by atoms with Crippen molar-refractivity contribution in [1.29, 1.82) is 0 Å². The van der Waals surface area contributed by atoms with Gasteiger partial charge >= 0.3 is 0 Å². The lowest BCUT2D eigenvalue weighted by atomic mass is 10.1. The number of sulfonamides is 1. The zero-order valence-electron chi connectivity index (χ0n) is 20.0. The lowest BCUT2D eigenvalue weighted by Crippen LogP contribution is -2.52. The van der Waals surface area contributed by atoms with E-state index in [1.165, 1.54) is 11.0 Å².